The number of hydrogen-bond acceptors (Lipinski definition) is 5. The number of carbonyl (C=O) groups excluding carboxylic acids is 1. The van der Waals surface area contributed by atoms with Crippen LogP contribution >= 0.6 is 0 Å². The van der Waals surface area contributed by atoms with Gasteiger partial charge in [-0.1, -0.05) is 30.3 Å². The van der Waals surface area contributed by atoms with Crippen LogP contribution in [0, 0.1) is 5.41 Å². The van der Waals surface area contributed by atoms with Gasteiger partial charge in [-0.3, -0.25) is 4.79 Å². The van der Waals surface area contributed by atoms with E-state index < -0.39 is 0 Å². The van der Waals surface area contributed by atoms with Crippen molar-refractivity contribution in [2.45, 2.75) is 13.1 Å². The molecule has 2 aromatic rings. The fraction of sp³-hybridized carbons (Fsp3) is 0.0952. The topological polar surface area (TPSA) is 89.3 Å². The van der Waals surface area contributed by atoms with E-state index in [1.165, 1.54) is 12.4 Å². The van der Waals surface area contributed by atoms with Crippen molar-refractivity contribution in [3.8, 4) is 5.88 Å². The van der Waals surface area contributed by atoms with Gasteiger partial charge in [0.05, 0.1) is 0 Å². The third-order valence-electron chi connectivity index (χ3n) is 4.66. The van der Waals surface area contributed by atoms with Crippen molar-refractivity contribution < 1.29 is 9.90 Å². The van der Waals surface area contributed by atoms with Gasteiger partial charge in [-0.15, -0.1) is 0 Å². The number of pyridine rings is 1. The van der Waals surface area contributed by atoms with Crippen molar-refractivity contribution >= 4 is 17.7 Å². The van der Waals surface area contributed by atoms with Crippen LogP contribution in [-0.2, 0) is 13.1 Å². The molecule has 3 N–H and O–H groups in total. The van der Waals surface area contributed by atoms with Crippen LogP contribution in [-0.4, -0.2) is 27.1 Å². The van der Waals surface area contributed by atoms with Gasteiger partial charge < -0.3 is 20.7 Å². The first-order chi connectivity index (χ1) is 13.2. The number of nitrogens with one attached hydrogen (secondary N) is 2. The smallest absolute Gasteiger partial charge is 0.260 e. The molecule has 6 heteroatoms. The first-order valence-electron chi connectivity index (χ1n) is 8.57. The lowest BCUT2D eigenvalue weighted by Crippen LogP contribution is -2.23. The van der Waals surface area contributed by atoms with Crippen LogP contribution in [0.4, 0.5) is 0 Å². The van der Waals surface area contributed by atoms with Crippen LogP contribution in [0.5, 0.6) is 5.88 Å². The average molecular weight is 358 g/mol. The molecule has 0 fully saturated rings. The second-order valence-corrected chi connectivity index (χ2v) is 6.36. The van der Waals surface area contributed by atoms with E-state index in [1.807, 2.05) is 48.7 Å². The highest BCUT2D eigenvalue weighted by atomic mass is 16.3. The number of allylic oxidation sites excluding steroid dienone is 4. The second-order valence-electron chi connectivity index (χ2n) is 6.36. The summed E-state index contributed by atoms with van der Waals surface area (Å²) in [6.45, 7) is 0.910. The largest absolute Gasteiger partial charge is 0.493 e. The van der Waals surface area contributed by atoms with E-state index in [-0.39, 0.29) is 11.8 Å². The van der Waals surface area contributed by atoms with Gasteiger partial charge in [0.2, 0.25) is 5.88 Å². The van der Waals surface area contributed by atoms with Gasteiger partial charge in [-0.2, -0.15) is 0 Å². The van der Waals surface area contributed by atoms with E-state index >= 15 is 0 Å². The van der Waals surface area contributed by atoms with Crippen LogP contribution in [0.15, 0.2) is 66.7 Å². The number of amides is 1. The molecular weight excluding hydrogens is 340 g/mol. The van der Waals surface area contributed by atoms with Crippen LogP contribution in [0.1, 0.15) is 27.0 Å². The quantitative estimate of drug-likeness (QED) is 0.733. The predicted molar refractivity (Wildman–Crippen MR) is 103 cm³/mol. The minimum absolute atomic E-state index is 0.203. The molecular formula is C21H18N4O2. The zero-order valence-electron chi connectivity index (χ0n) is 14.5. The summed E-state index contributed by atoms with van der Waals surface area (Å²) in [6, 6.07) is 9.57. The third-order valence-corrected chi connectivity index (χ3v) is 4.66. The second kappa shape index (κ2) is 6.92. The Bertz CT molecular complexity index is 1000. The molecule has 1 amide bonds. The Morgan fingerprint density at radius 2 is 2.07 bits per heavy atom. The van der Waals surface area contributed by atoms with E-state index in [4.69, 9.17) is 5.41 Å². The Hall–Kier alpha value is -3.67. The molecule has 4 rings (SSSR count). The van der Waals surface area contributed by atoms with Gasteiger partial charge in [0.25, 0.3) is 5.91 Å². The minimum atomic E-state index is -0.209. The molecule has 0 bridgehead atoms. The Morgan fingerprint density at radius 3 is 2.74 bits per heavy atom. The summed E-state index contributed by atoms with van der Waals surface area (Å²) in [7, 11) is 0. The monoisotopic (exact) mass is 358 g/mol. The SMILES string of the molecule is N=C/C(=C1/C=CC=CN1)c1ccc(CN2Cc3ccnc(O)c3C2=O)cc1. The van der Waals surface area contributed by atoms with Crippen LogP contribution in [0.2, 0.25) is 0 Å². The summed E-state index contributed by atoms with van der Waals surface area (Å²) in [4.78, 5) is 18.0. The summed E-state index contributed by atoms with van der Waals surface area (Å²) in [5, 5.41) is 20.7. The Morgan fingerprint density at radius 1 is 1.26 bits per heavy atom. The number of aromatic hydroxyl groups is 1. The Labute approximate surface area is 156 Å². The third kappa shape index (κ3) is 3.13. The van der Waals surface area contributed by atoms with Crippen molar-refractivity contribution in [3.05, 3.63) is 88.9 Å². The van der Waals surface area contributed by atoms with Gasteiger partial charge >= 0.3 is 0 Å². The molecule has 0 unspecified atom stereocenters. The maximum absolute atomic E-state index is 12.5. The molecule has 6 nitrogen and oxygen atoms in total. The molecule has 0 atom stereocenters. The molecule has 0 spiro atoms. The first-order valence-corrected chi connectivity index (χ1v) is 8.57. The van der Waals surface area contributed by atoms with Crippen LogP contribution < -0.4 is 5.32 Å². The summed E-state index contributed by atoms with van der Waals surface area (Å²) >= 11 is 0. The molecule has 0 saturated carbocycles. The lowest BCUT2D eigenvalue weighted by atomic mass is 10.0. The zero-order chi connectivity index (χ0) is 18.8. The number of dihydropyridines is 1. The number of benzene rings is 1. The highest BCUT2D eigenvalue weighted by molar-refractivity contribution is 6.10. The molecule has 134 valence electrons. The lowest BCUT2D eigenvalue weighted by molar-refractivity contribution is 0.0764. The first kappa shape index (κ1) is 16.8. The average Bonchev–Trinajstić information content (AvgIpc) is 3.01. The molecule has 2 aliphatic heterocycles. The standard InChI is InChI=1S/C21H18N4O2/c22-11-17(18-3-1-2-9-23-18)15-6-4-14(5-7-15)12-25-13-16-8-10-24-20(26)19(16)21(25)27/h1-11,22-23H,12-13H2,(H,24,26)/b18-17+,22-11?. The van der Waals surface area contributed by atoms with Crippen LogP contribution in [0.3, 0.4) is 0 Å². The molecule has 27 heavy (non-hydrogen) atoms. The number of rotatable bonds is 4. The molecule has 0 saturated heterocycles. The van der Waals surface area contributed by atoms with Gasteiger partial charge in [0.15, 0.2) is 0 Å². The molecule has 1 aromatic heterocycles. The number of hydrogen-bond donors (Lipinski definition) is 3. The Balaban J connectivity index is 1.53. The highest BCUT2D eigenvalue weighted by Gasteiger charge is 2.30. The summed E-state index contributed by atoms with van der Waals surface area (Å²) in [5.41, 5.74) is 4.66. The predicted octanol–water partition coefficient (Wildman–Crippen LogP) is 2.98. The van der Waals surface area contributed by atoms with Crippen molar-refractivity contribution in [1.82, 2.24) is 15.2 Å². The summed E-state index contributed by atoms with van der Waals surface area (Å²) in [5.74, 6) is -0.412. The number of fused-ring (bicyclic) bond motifs is 1. The lowest BCUT2D eigenvalue weighted by Gasteiger charge is -2.16. The highest BCUT2D eigenvalue weighted by Crippen LogP contribution is 2.29. The molecule has 0 aliphatic carbocycles. The molecule has 3 heterocycles. The van der Waals surface area contributed by atoms with Crippen LogP contribution in [0.25, 0.3) is 5.57 Å². The number of nitrogens with zero attached hydrogens (tertiary/aromatic N) is 2. The van der Waals surface area contributed by atoms with E-state index in [0.29, 0.717) is 18.7 Å². The minimum Gasteiger partial charge on any atom is -0.493 e. The van der Waals surface area contributed by atoms with E-state index in [1.54, 1.807) is 11.0 Å². The van der Waals surface area contributed by atoms with E-state index in [9.17, 15) is 9.90 Å². The molecule has 1 aromatic carbocycles. The Kier molecular flexibility index (Phi) is 4.30. The summed E-state index contributed by atoms with van der Waals surface area (Å²) < 4.78 is 0. The molecule has 2 aliphatic rings. The van der Waals surface area contributed by atoms with E-state index in [0.717, 1.165) is 28.0 Å². The van der Waals surface area contributed by atoms with Crippen molar-refractivity contribution in [1.29, 1.82) is 5.41 Å². The van der Waals surface area contributed by atoms with Crippen molar-refractivity contribution in [2.75, 3.05) is 0 Å². The van der Waals surface area contributed by atoms with Gasteiger partial charge in [0, 0.05) is 43.0 Å². The fourth-order valence-corrected chi connectivity index (χ4v) is 3.30. The maximum Gasteiger partial charge on any atom is 0.260 e. The molecule has 0 radical (unpaired) electrons. The van der Waals surface area contributed by atoms with E-state index in [2.05, 4.69) is 10.3 Å². The number of aromatic nitrogens is 1. The van der Waals surface area contributed by atoms with Gasteiger partial charge in [-0.05, 0) is 34.9 Å². The normalized spacial score (nSPS) is 16.9. The zero-order valence-corrected chi connectivity index (χ0v) is 14.5. The van der Waals surface area contributed by atoms with Crippen molar-refractivity contribution in [3.63, 3.8) is 0 Å². The number of carbonyl (C=O) groups is 1. The van der Waals surface area contributed by atoms with Crippen molar-refractivity contribution in [2.24, 2.45) is 0 Å². The van der Waals surface area contributed by atoms with Gasteiger partial charge in [0.1, 0.15) is 5.56 Å². The summed E-state index contributed by atoms with van der Waals surface area (Å²) in [6.07, 6.45) is 10.4. The van der Waals surface area contributed by atoms with Gasteiger partial charge in [-0.25, -0.2) is 4.98 Å². The fourth-order valence-electron chi connectivity index (χ4n) is 3.30. The maximum atomic E-state index is 12.5.